The van der Waals surface area contributed by atoms with Crippen LogP contribution in [0.4, 0.5) is 0 Å². The summed E-state index contributed by atoms with van der Waals surface area (Å²) in [6, 6.07) is 18.6. The first kappa shape index (κ1) is 13.9. The van der Waals surface area contributed by atoms with Crippen molar-refractivity contribution >= 4 is 19.2 Å². The van der Waals surface area contributed by atoms with Crippen molar-refractivity contribution in [3.8, 4) is 11.5 Å². The summed E-state index contributed by atoms with van der Waals surface area (Å²) in [6.07, 6.45) is 0. The number of hydrogen-bond donors (Lipinski definition) is 0. The highest BCUT2D eigenvalue weighted by Crippen LogP contribution is 2.23. The fraction of sp³-hybridized carbons (Fsp3) is 0.143. The van der Waals surface area contributed by atoms with Crippen LogP contribution in [-0.2, 0) is 4.43 Å². The molecule has 0 spiro atoms. The molecule has 0 heterocycles. The highest BCUT2D eigenvalue weighted by atomic mass is 35.6. The van der Waals surface area contributed by atoms with Crippen molar-refractivity contribution in [3.05, 3.63) is 60.7 Å². The predicted molar refractivity (Wildman–Crippen MR) is 77.4 cm³/mol. The fourth-order valence-corrected chi connectivity index (χ4v) is 3.71. The normalized spacial score (nSPS) is 11.1. The maximum absolute atomic E-state index is 6.38. The molecule has 0 saturated carbocycles. The van der Waals surface area contributed by atoms with E-state index in [0.717, 1.165) is 0 Å². The summed E-state index contributed by atoms with van der Waals surface area (Å²) in [7, 11) is -3.26. The van der Waals surface area contributed by atoms with Crippen LogP contribution in [0.2, 0.25) is 0 Å². The van der Waals surface area contributed by atoms with Gasteiger partial charge in [-0.1, -0.05) is 36.4 Å². The molecule has 3 nitrogen and oxygen atoms in total. The van der Waals surface area contributed by atoms with Crippen molar-refractivity contribution < 1.29 is 13.3 Å². The quantitative estimate of drug-likeness (QED) is 0.598. The third-order valence-electron chi connectivity index (χ3n) is 2.28. The van der Waals surface area contributed by atoms with Crippen LogP contribution < -0.4 is 8.85 Å². The van der Waals surface area contributed by atoms with Crippen LogP contribution in [0.25, 0.3) is 0 Å². The Morgan fingerprint density at radius 2 is 1.26 bits per heavy atom. The summed E-state index contributed by atoms with van der Waals surface area (Å²) in [5.74, 6) is 1.27. The number of benzene rings is 2. The summed E-state index contributed by atoms with van der Waals surface area (Å²) in [6.45, 7) is 2.28. The summed E-state index contributed by atoms with van der Waals surface area (Å²) in [5, 5.41) is 0. The van der Waals surface area contributed by atoms with Crippen molar-refractivity contribution in [2.75, 3.05) is 6.61 Å². The number of para-hydroxylation sites is 2. The second kappa shape index (κ2) is 6.61. The molecule has 0 fully saturated rings. The van der Waals surface area contributed by atoms with Gasteiger partial charge >= 0.3 is 8.11 Å². The smallest absolute Gasteiger partial charge is 0.481 e. The molecule has 0 bridgehead atoms. The lowest BCUT2D eigenvalue weighted by Gasteiger charge is -2.23. The molecule has 19 heavy (non-hydrogen) atoms. The Morgan fingerprint density at radius 3 is 1.63 bits per heavy atom. The maximum Gasteiger partial charge on any atom is 0.748 e. The predicted octanol–water partition coefficient (Wildman–Crippen LogP) is 3.86. The van der Waals surface area contributed by atoms with E-state index in [0.29, 0.717) is 18.1 Å². The van der Waals surface area contributed by atoms with Crippen LogP contribution in [0.5, 0.6) is 11.5 Å². The molecule has 5 heteroatoms. The fourth-order valence-electron chi connectivity index (χ4n) is 1.51. The summed E-state index contributed by atoms with van der Waals surface area (Å²) in [4.78, 5) is 0. The molecule has 100 valence electrons. The van der Waals surface area contributed by atoms with E-state index >= 15 is 0 Å². The average Bonchev–Trinajstić information content (AvgIpc) is 2.41. The first-order valence-corrected chi connectivity index (χ1v) is 8.76. The molecule has 0 aliphatic rings. The third kappa shape index (κ3) is 4.27. The highest BCUT2D eigenvalue weighted by Gasteiger charge is 2.45. The molecule has 0 unspecified atom stereocenters. The van der Waals surface area contributed by atoms with Gasteiger partial charge in [-0.2, -0.15) is 0 Å². The number of rotatable bonds is 6. The van der Waals surface area contributed by atoms with E-state index in [2.05, 4.69) is 0 Å². The number of hydrogen-bond acceptors (Lipinski definition) is 3. The first-order valence-electron chi connectivity index (χ1n) is 6.03. The van der Waals surface area contributed by atoms with E-state index in [1.807, 2.05) is 67.6 Å². The summed E-state index contributed by atoms with van der Waals surface area (Å²) in [5.41, 5.74) is 0. The zero-order valence-corrected chi connectivity index (χ0v) is 12.3. The third-order valence-corrected chi connectivity index (χ3v) is 4.67. The Kier molecular flexibility index (Phi) is 4.84. The van der Waals surface area contributed by atoms with Gasteiger partial charge in [0.25, 0.3) is 0 Å². The van der Waals surface area contributed by atoms with Gasteiger partial charge in [0.2, 0.25) is 0 Å². The molecule has 0 saturated heterocycles. The molecular weight excluding hydrogens is 280 g/mol. The minimum absolute atomic E-state index is 0.426. The van der Waals surface area contributed by atoms with E-state index in [4.69, 9.17) is 24.4 Å². The molecule has 0 N–H and O–H groups in total. The largest absolute Gasteiger partial charge is 0.748 e. The molecule has 0 amide bonds. The lowest BCUT2D eigenvalue weighted by molar-refractivity contribution is 0.199. The second-order valence-electron chi connectivity index (χ2n) is 3.74. The summed E-state index contributed by atoms with van der Waals surface area (Å²) < 4.78 is 16.9. The van der Waals surface area contributed by atoms with Gasteiger partial charge in [-0.15, -0.1) is 0 Å². The van der Waals surface area contributed by atoms with Gasteiger partial charge in [-0.3, -0.25) is 0 Å². The lowest BCUT2D eigenvalue weighted by atomic mass is 10.3. The molecule has 0 atom stereocenters. The molecule has 0 aliphatic heterocycles. The Bertz CT molecular complexity index is 451. The SMILES string of the molecule is CCO[Si](Cl)(Oc1ccccc1)Oc1ccccc1. The van der Waals surface area contributed by atoms with Crippen molar-refractivity contribution in [1.29, 1.82) is 0 Å². The Labute approximate surface area is 118 Å². The minimum atomic E-state index is -3.26. The van der Waals surface area contributed by atoms with E-state index in [1.54, 1.807) is 0 Å². The lowest BCUT2D eigenvalue weighted by Crippen LogP contribution is -2.46. The minimum Gasteiger partial charge on any atom is -0.481 e. The van der Waals surface area contributed by atoms with Gasteiger partial charge in [0.1, 0.15) is 11.5 Å². The maximum atomic E-state index is 6.38. The Balaban J connectivity index is 2.13. The van der Waals surface area contributed by atoms with Crippen molar-refractivity contribution in [2.45, 2.75) is 6.92 Å². The van der Waals surface area contributed by atoms with Gasteiger partial charge in [0.15, 0.2) is 0 Å². The molecule has 2 rings (SSSR count). The highest BCUT2D eigenvalue weighted by molar-refractivity contribution is 7.09. The molecule has 2 aromatic carbocycles. The molecular formula is C14H15ClO3Si. The van der Waals surface area contributed by atoms with Crippen LogP contribution in [0, 0.1) is 0 Å². The standard InChI is InChI=1S/C14H15ClO3Si/c1-2-16-19(15,17-13-9-5-3-6-10-13)18-14-11-7-4-8-12-14/h3-12H,2H2,1H3. The first-order chi connectivity index (χ1) is 9.22. The van der Waals surface area contributed by atoms with Gasteiger partial charge < -0.3 is 13.3 Å². The molecule has 2 aromatic rings. The Hall–Kier alpha value is -1.49. The van der Waals surface area contributed by atoms with Gasteiger partial charge in [0.05, 0.1) is 0 Å². The summed E-state index contributed by atoms with van der Waals surface area (Å²) >= 11 is 6.38. The molecule has 0 radical (unpaired) electrons. The zero-order chi connectivity index (χ0) is 13.6. The molecule has 0 aliphatic carbocycles. The van der Waals surface area contributed by atoms with Gasteiger partial charge in [-0.25, -0.2) is 0 Å². The van der Waals surface area contributed by atoms with Crippen LogP contribution in [0.1, 0.15) is 6.92 Å². The topological polar surface area (TPSA) is 27.7 Å². The van der Waals surface area contributed by atoms with Crippen LogP contribution >= 0.6 is 11.1 Å². The van der Waals surface area contributed by atoms with E-state index < -0.39 is 8.11 Å². The van der Waals surface area contributed by atoms with Crippen LogP contribution in [0.15, 0.2) is 60.7 Å². The zero-order valence-electron chi connectivity index (χ0n) is 10.6. The monoisotopic (exact) mass is 294 g/mol. The average molecular weight is 295 g/mol. The van der Waals surface area contributed by atoms with Crippen LogP contribution in [-0.4, -0.2) is 14.7 Å². The van der Waals surface area contributed by atoms with E-state index in [-0.39, 0.29) is 0 Å². The van der Waals surface area contributed by atoms with E-state index in [1.165, 1.54) is 0 Å². The number of halogens is 1. The van der Waals surface area contributed by atoms with Crippen LogP contribution in [0.3, 0.4) is 0 Å². The molecule has 0 aromatic heterocycles. The second-order valence-corrected chi connectivity index (χ2v) is 6.79. The van der Waals surface area contributed by atoms with Crippen molar-refractivity contribution in [2.24, 2.45) is 0 Å². The van der Waals surface area contributed by atoms with Crippen molar-refractivity contribution in [1.82, 2.24) is 0 Å². The van der Waals surface area contributed by atoms with Gasteiger partial charge in [-0.05, 0) is 42.3 Å². The Morgan fingerprint density at radius 1 is 0.842 bits per heavy atom. The van der Waals surface area contributed by atoms with Gasteiger partial charge in [0, 0.05) is 6.61 Å². The van der Waals surface area contributed by atoms with E-state index in [9.17, 15) is 0 Å². The van der Waals surface area contributed by atoms with Crippen molar-refractivity contribution in [3.63, 3.8) is 0 Å².